The van der Waals surface area contributed by atoms with Crippen molar-refractivity contribution in [1.82, 2.24) is 5.32 Å². The van der Waals surface area contributed by atoms with E-state index in [1.165, 1.54) is 13.2 Å². The fourth-order valence-corrected chi connectivity index (χ4v) is 1.67. The summed E-state index contributed by atoms with van der Waals surface area (Å²) in [7, 11) is 1.20. The first kappa shape index (κ1) is 16.9. The van der Waals surface area contributed by atoms with Crippen LogP contribution in [0.5, 0.6) is 0 Å². The summed E-state index contributed by atoms with van der Waals surface area (Å²) in [4.78, 5) is 23.4. The lowest BCUT2D eigenvalue weighted by Gasteiger charge is -2.22. The number of esters is 1. The lowest BCUT2D eigenvalue weighted by Crippen LogP contribution is -2.45. The number of nitrogens with one attached hydrogen (secondary N) is 1. The van der Waals surface area contributed by atoms with Crippen LogP contribution in [0.1, 0.15) is 26.3 Å². The predicted octanol–water partition coefficient (Wildman–Crippen LogP) is 2.43. The van der Waals surface area contributed by atoms with E-state index < -0.39 is 29.5 Å². The number of rotatable bonds is 4. The number of benzene rings is 1. The molecule has 6 heteroatoms. The lowest BCUT2D eigenvalue weighted by atomic mass is 10.1. The van der Waals surface area contributed by atoms with Crippen LogP contribution in [-0.4, -0.2) is 30.8 Å². The van der Waals surface area contributed by atoms with Crippen molar-refractivity contribution in [3.63, 3.8) is 0 Å². The van der Waals surface area contributed by atoms with Crippen LogP contribution in [0.4, 0.5) is 9.18 Å². The molecule has 1 aromatic carbocycles. The molecule has 0 saturated heterocycles. The topological polar surface area (TPSA) is 64.6 Å². The number of alkyl carbamates (subject to hydrolysis) is 1. The third kappa shape index (κ3) is 5.81. The van der Waals surface area contributed by atoms with Crippen LogP contribution < -0.4 is 5.32 Å². The fourth-order valence-electron chi connectivity index (χ4n) is 1.67. The largest absolute Gasteiger partial charge is 0.467 e. The second-order valence-corrected chi connectivity index (χ2v) is 5.52. The number of amides is 1. The van der Waals surface area contributed by atoms with E-state index in [0.29, 0.717) is 5.56 Å². The minimum absolute atomic E-state index is 0.0153. The summed E-state index contributed by atoms with van der Waals surface area (Å²) in [5.41, 5.74) is -0.382. The van der Waals surface area contributed by atoms with E-state index in [9.17, 15) is 14.0 Å². The van der Waals surface area contributed by atoms with Gasteiger partial charge in [-0.3, -0.25) is 0 Å². The SMILES string of the molecule is COC(=O)[C@H](Cc1ccccc1F)NC(=O)OC(C)(C)C. The quantitative estimate of drug-likeness (QED) is 0.867. The Balaban J connectivity index is 2.80. The van der Waals surface area contributed by atoms with Gasteiger partial charge >= 0.3 is 12.1 Å². The third-order valence-electron chi connectivity index (χ3n) is 2.56. The summed E-state index contributed by atoms with van der Waals surface area (Å²) in [6, 6.07) is 5.02. The molecule has 0 saturated carbocycles. The smallest absolute Gasteiger partial charge is 0.408 e. The summed E-state index contributed by atoms with van der Waals surface area (Å²) in [5.74, 6) is -1.11. The molecule has 0 fully saturated rings. The molecule has 0 unspecified atom stereocenters. The Morgan fingerprint density at radius 1 is 1.29 bits per heavy atom. The maximum absolute atomic E-state index is 13.6. The zero-order valence-corrected chi connectivity index (χ0v) is 12.6. The second kappa shape index (κ2) is 7.06. The van der Waals surface area contributed by atoms with Gasteiger partial charge in [0, 0.05) is 6.42 Å². The van der Waals surface area contributed by atoms with Gasteiger partial charge < -0.3 is 14.8 Å². The molecule has 1 atom stereocenters. The van der Waals surface area contributed by atoms with E-state index in [4.69, 9.17) is 4.74 Å². The van der Waals surface area contributed by atoms with Crippen molar-refractivity contribution in [3.8, 4) is 0 Å². The summed E-state index contributed by atoms with van der Waals surface area (Å²) in [6.45, 7) is 5.11. The van der Waals surface area contributed by atoms with Crippen molar-refractivity contribution in [2.24, 2.45) is 0 Å². The van der Waals surface area contributed by atoms with E-state index >= 15 is 0 Å². The first-order chi connectivity index (χ1) is 9.73. The number of carbonyl (C=O) groups is 2. The number of halogens is 1. The average molecular weight is 297 g/mol. The van der Waals surface area contributed by atoms with Crippen LogP contribution in [-0.2, 0) is 20.7 Å². The molecule has 5 nitrogen and oxygen atoms in total. The van der Waals surface area contributed by atoms with Gasteiger partial charge in [0.15, 0.2) is 0 Å². The van der Waals surface area contributed by atoms with Crippen LogP contribution in [0.15, 0.2) is 24.3 Å². The Morgan fingerprint density at radius 2 is 1.90 bits per heavy atom. The van der Waals surface area contributed by atoms with E-state index in [-0.39, 0.29) is 6.42 Å². The van der Waals surface area contributed by atoms with Gasteiger partial charge in [-0.15, -0.1) is 0 Å². The highest BCUT2D eigenvalue weighted by Gasteiger charge is 2.26. The van der Waals surface area contributed by atoms with Gasteiger partial charge in [-0.1, -0.05) is 18.2 Å². The van der Waals surface area contributed by atoms with Crippen molar-refractivity contribution in [2.45, 2.75) is 38.8 Å². The number of methoxy groups -OCH3 is 1. The molecule has 1 N–H and O–H groups in total. The lowest BCUT2D eigenvalue weighted by molar-refractivity contribution is -0.143. The summed E-state index contributed by atoms with van der Waals surface area (Å²) in [6.07, 6.45) is -0.771. The van der Waals surface area contributed by atoms with E-state index in [1.54, 1.807) is 39.0 Å². The highest BCUT2D eigenvalue weighted by molar-refractivity contribution is 5.81. The van der Waals surface area contributed by atoms with Crippen molar-refractivity contribution < 1.29 is 23.5 Å². The highest BCUT2D eigenvalue weighted by atomic mass is 19.1. The fraction of sp³-hybridized carbons (Fsp3) is 0.467. The van der Waals surface area contributed by atoms with Crippen LogP contribution in [0.25, 0.3) is 0 Å². The van der Waals surface area contributed by atoms with Gasteiger partial charge in [-0.2, -0.15) is 0 Å². The van der Waals surface area contributed by atoms with Crippen LogP contribution in [0.3, 0.4) is 0 Å². The molecule has 1 amide bonds. The number of ether oxygens (including phenoxy) is 2. The summed E-state index contributed by atoms with van der Waals surface area (Å²) >= 11 is 0. The summed E-state index contributed by atoms with van der Waals surface area (Å²) < 4.78 is 23.3. The first-order valence-corrected chi connectivity index (χ1v) is 6.53. The molecule has 0 aromatic heterocycles. The third-order valence-corrected chi connectivity index (χ3v) is 2.56. The molecule has 0 aliphatic rings. The van der Waals surface area contributed by atoms with Crippen LogP contribution in [0, 0.1) is 5.82 Å². The van der Waals surface area contributed by atoms with Crippen LogP contribution >= 0.6 is 0 Å². The Kier molecular flexibility index (Phi) is 5.69. The molecule has 1 rings (SSSR count). The molecule has 0 aliphatic heterocycles. The molecule has 1 aromatic rings. The predicted molar refractivity (Wildman–Crippen MR) is 75.3 cm³/mol. The number of carbonyl (C=O) groups excluding carboxylic acids is 2. The van der Waals surface area contributed by atoms with Gasteiger partial charge in [0.25, 0.3) is 0 Å². The van der Waals surface area contributed by atoms with Gasteiger partial charge in [-0.25, -0.2) is 14.0 Å². The molecular formula is C15H20FNO4. The van der Waals surface area contributed by atoms with Gasteiger partial charge in [0.05, 0.1) is 7.11 Å². The molecule has 0 spiro atoms. The maximum atomic E-state index is 13.6. The minimum Gasteiger partial charge on any atom is -0.467 e. The van der Waals surface area contributed by atoms with Gasteiger partial charge in [0.2, 0.25) is 0 Å². The standard InChI is InChI=1S/C15H20FNO4/c1-15(2,3)21-14(19)17-12(13(18)20-4)9-10-7-5-6-8-11(10)16/h5-8,12H,9H2,1-4H3,(H,17,19)/t12-/m0/s1. The molecule has 0 radical (unpaired) electrons. The Labute approximate surface area is 123 Å². The average Bonchev–Trinajstić information content (AvgIpc) is 2.37. The zero-order valence-electron chi connectivity index (χ0n) is 12.6. The molecule has 0 aliphatic carbocycles. The van der Waals surface area contributed by atoms with E-state index in [0.717, 1.165) is 0 Å². The molecule has 116 valence electrons. The van der Waals surface area contributed by atoms with Crippen molar-refractivity contribution in [3.05, 3.63) is 35.6 Å². The van der Waals surface area contributed by atoms with Crippen molar-refractivity contribution in [2.75, 3.05) is 7.11 Å². The normalized spacial score (nSPS) is 12.4. The minimum atomic E-state index is -1.01. The maximum Gasteiger partial charge on any atom is 0.408 e. The number of hydrogen-bond donors (Lipinski definition) is 1. The monoisotopic (exact) mass is 297 g/mol. The van der Waals surface area contributed by atoms with Crippen LogP contribution in [0.2, 0.25) is 0 Å². The van der Waals surface area contributed by atoms with Gasteiger partial charge in [-0.05, 0) is 32.4 Å². The van der Waals surface area contributed by atoms with E-state index in [2.05, 4.69) is 10.1 Å². The van der Waals surface area contributed by atoms with Crippen molar-refractivity contribution >= 4 is 12.1 Å². The second-order valence-electron chi connectivity index (χ2n) is 5.52. The zero-order chi connectivity index (χ0) is 16.0. The molecule has 21 heavy (non-hydrogen) atoms. The highest BCUT2D eigenvalue weighted by Crippen LogP contribution is 2.11. The number of hydrogen-bond acceptors (Lipinski definition) is 4. The molecule has 0 heterocycles. The Hall–Kier alpha value is -2.11. The van der Waals surface area contributed by atoms with Gasteiger partial charge in [0.1, 0.15) is 17.5 Å². The van der Waals surface area contributed by atoms with Crippen molar-refractivity contribution in [1.29, 1.82) is 0 Å². The Bertz CT molecular complexity index is 511. The first-order valence-electron chi connectivity index (χ1n) is 6.53. The van der Waals surface area contributed by atoms with E-state index in [1.807, 2.05) is 0 Å². The molecule has 0 bridgehead atoms. The molecular weight excluding hydrogens is 277 g/mol. The summed E-state index contributed by atoms with van der Waals surface area (Å²) in [5, 5.41) is 2.40. The Morgan fingerprint density at radius 3 is 2.43 bits per heavy atom.